The number of imidazole rings is 1. The van der Waals surface area contributed by atoms with Crippen LogP contribution in [0.15, 0.2) is 42.5 Å². The number of likely N-dealkylation sites (N-methyl/N-ethyl adjacent to an activating group) is 1. The molecule has 2 aromatic carbocycles. The van der Waals surface area contributed by atoms with Crippen molar-refractivity contribution >= 4 is 16.9 Å². The molecule has 2 heterocycles. The van der Waals surface area contributed by atoms with Crippen molar-refractivity contribution in [2.75, 3.05) is 27.2 Å². The summed E-state index contributed by atoms with van der Waals surface area (Å²) in [5.74, 6) is 1.48. The Kier molecular flexibility index (Phi) is 5.52. The SMILES string of the molecule is COc1cc(-n2c(C)nc3ccccc32)ccc1C(=O)N(C)C1CCN(C(C)C)C1. The van der Waals surface area contributed by atoms with Gasteiger partial charge in [-0.25, -0.2) is 4.98 Å². The van der Waals surface area contributed by atoms with Crippen LogP contribution in [0.4, 0.5) is 0 Å². The monoisotopic (exact) mass is 406 g/mol. The molecule has 1 unspecified atom stereocenters. The van der Waals surface area contributed by atoms with Gasteiger partial charge in [0.05, 0.1) is 29.4 Å². The molecule has 1 aliphatic rings. The quantitative estimate of drug-likeness (QED) is 0.645. The number of benzene rings is 2. The van der Waals surface area contributed by atoms with Crippen LogP contribution in [0.1, 0.15) is 36.5 Å². The van der Waals surface area contributed by atoms with Gasteiger partial charge in [-0.15, -0.1) is 0 Å². The zero-order valence-electron chi connectivity index (χ0n) is 18.4. The van der Waals surface area contributed by atoms with Crippen LogP contribution in [0.3, 0.4) is 0 Å². The third kappa shape index (κ3) is 3.56. The van der Waals surface area contributed by atoms with E-state index in [-0.39, 0.29) is 11.9 Å². The van der Waals surface area contributed by atoms with Gasteiger partial charge in [0.15, 0.2) is 0 Å². The molecule has 0 bridgehead atoms. The number of hydrogen-bond acceptors (Lipinski definition) is 4. The van der Waals surface area contributed by atoms with Gasteiger partial charge in [-0.3, -0.25) is 14.3 Å². The first-order valence-corrected chi connectivity index (χ1v) is 10.5. The summed E-state index contributed by atoms with van der Waals surface area (Å²) in [6.45, 7) is 8.34. The largest absolute Gasteiger partial charge is 0.496 e. The lowest BCUT2D eigenvalue weighted by atomic mass is 10.1. The van der Waals surface area contributed by atoms with Gasteiger partial charge in [0.2, 0.25) is 0 Å². The van der Waals surface area contributed by atoms with Crippen molar-refractivity contribution in [1.29, 1.82) is 0 Å². The fourth-order valence-corrected chi connectivity index (χ4v) is 4.38. The Morgan fingerprint density at radius 1 is 1.23 bits per heavy atom. The Hall–Kier alpha value is -2.86. The van der Waals surface area contributed by atoms with Crippen LogP contribution >= 0.6 is 0 Å². The van der Waals surface area contributed by atoms with Gasteiger partial charge in [-0.1, -0.05) is 12.1 Å². The molecule has 0 radical (unpaired) electrons. The maximum absolute atomic E-state index is 13.3. The van der Waals surface area contributed by atoms with E-state index in [0.717, 1.165) is 42.1 Å². The highest BCUT2D eigenvalue weighted by molar-refractivity contribution is 5.97. The number of carbonyl (C=O) groups is 1. The Morgan fingerprint density at radius 3 is 2.70 bits per heavy atom. The summed E-state index contributed by atoms with van der Waals surface area (Å²) in [6, 6.07) is 14.5. The van der Waals surface area contributed by atoms with E-state index in [1.807, 2.05) is 55.3 Å². The number of hydrogen-bond donors (Lipinski definition) is 0. The number of carbonyl (C=O) groups excluding carboxylic acids is 1. The Bertz CT molecular complexity index is 1070. The van der Waals surface area contributed by atoms with Crippen molar-refractivity contribution in [3.05, 3.63) is 53.9 Å². The number of nitrogens with zero attached hydrogens (tertiary/aromatic N) is 4. The third-order valence-corrected chi connectivity index (χ3v) is 6.20. The standard InChI is InChI=1S/C24H30N4O2/c1-16(2)27-13-12-19(15-27)26(4)24(29)20-11-10-18(14-23(20)30-5)28-17(3)25-21-8-6-7-9-22(21)28/h6-11,14,16,19H,12-13,15H2,1-5H3. The molecule has 1 saturated heterocycles. The Balaban J connectivity index is 1.64. The predicted octanol–water partition coefficient (Wildman–Crippen LogP) is 3.90. The topological polar surface area (TPSA) is 50.6 Å². The summed E-state index contributed by atoms with van der Waals surface area (Å²) in [6.07, 6.45) is 1.00. The van der Waals surface area contributed by atoms with Gasteiger partial charge in [0.25, 0.3) is 5.91 Å². The van der Waals surface area contributed by atoms with Crippen molar-refractivity contribution in [3.8, 4) is 11.4 Å². The second-order valence-corrected chi connectivity index (χ2v) is 8.31. The highest BCUT2D eigenvalue weighted by atomic mass is 16.5. The minimum absolute atomic E-state index is 0.00113. The molecule has 0 spiro atoms. The molecule has 30 heavy (non-hydrogen) atoms. The summed E-state index contributed by atoms with van der Waals surface area (Å²) < 4.78 is 7.73. The first kappa shape index (κ1) is 20.4. The van der Waals surface area contributed by atoms with Crippen LogP contribution in [0.5, 0.6) is 5.75 Å². The van der Waals surface area contributed by atoms with Gasteiger partial charge in [0.1, 0.15) is 11.6 Å². The maximum Gasteiger partial charge on any atom is 0.257 e. The van der Waals surface area contributed by atoms with Crippen LogP contribution in [-0.4, -0.2) is 64.6 Å². The first-order valence-electron chi connectivity index (χ1n) is 10.5. The average molecular weight is 407 g/mol. The minimum atomic E-state index is 0.00113. The number of methoxy groups -OCH3 is 1. The maximum atomic E-state index is 13.3. The van der Waals surface area contributed by atoms with Crippen molar-refractivity contribution in [2.24, 2.45) is 0 Å². The molecule has 1 aliphatic heterocycles. The molecule has 0 N–H and O–H groups in total. The van der Waals surface area contributed by atoms with Gasteiger partial charge < -0.3 is 9.64 Å². The summed E-state index contributed by atoms with van der Waals surface area (Å²) in [5, 5.41) is 0. The van der Waals surface area contributed by atoms with Crippen LogP contribution in [0.2, 0.25) is 0 Å². The number of likely N-dealkylation sites (tertiary alicyclic amines) is 1. The number of aromatic nitrogens is 2. The smallest absolute Gasteiger partial charge is 0.257 e. The van der Waals surface area contributed by atoms with Gasteiger partial charge >= 0.3 is 0 Å². The number of amides is 1. The zero-order chi connectivity index (χ0) is 21.4. The number of aryl methyl sites for hydroxylation is 1. The molecular formula is C24H30N4O2. The zero-order valence-corrected chi connectivity index (χ0v) is 18.4. The number of ether oxygens (including phenoxy) is 1. The fraction of sp³-hybridized carbons (Fsp3) is 0.417. The second kappa shape index (κ2) is 8.11. The average Bonchev–Trinajstić information content (AvgIpc) is 3.36. The van der Waals surface area contributed by atoms with Crippen LogP contribution in [0, 0.1) is 6.92 Å². The second-order valence-electron chi connectivity index (χ2n) is 8.31. The van der Waals surface area contributed by atoms with E-state index >= 15 is 0 Å². The lowest BCUT2D eigenvalue weighted by molar-refractivity contribution is 0.0729. The van der Waals surface area contributed by atoms with E-state index < -0.39 is 0 Å². The van der Waals surface area contributed by atoms with Gasteiger partial charge in [-0.2, -0.15) is 0 Å². The van der Waals surface area contributed by atoms with Gasteiger partial charge in [0, 0.05) is 38.3 Å². The minimum Gasteiger partial charge on any atom is -0.496 e. The molecule has 6 heteroatoms. The molecule has 158 valence electrons. The van der Waals surface area contributed by atoms with E-state index in [1.165, 1.54) is 0 Å². The Morgan fingerprint density at radius 2 is 2.00 bits per heavy atom. The summed E-state index contributed by atoms with van der Waals surface area (Å²) in [4.78, 5) is 22.2. The molecule has 3 aromatic rings. The molecule has 6 nitrogen and oxygen atoms in total. The van der Waals surface area contributed by atoms with Crippen molar-refractivity contribution < 1.29 is 9.53 Å². The molecule has 0 aliphatic carbocycles. The van der Waals surface area contributed by atoms with Crippen molar-refractivity contribution in [3.63, 3.8) is 0 Å². The molecule has 1 amide bonds. The number of rotatable bonds is 5. The molecular weight excluding hydrogens is 376 g/mol. The third-order valence-electron chi connectivity index (χ3n) is 6.20. The lowest BCUT2D eigenvalue weighted by Gasteiger charge is -2.27. The number of para-hydroxylation sites is 2. The molecule has 4 rings (SSSR count). The molecule has 1 atom stereocenters. The van der Waals surface area contributed by atoms with E-state index in [9.17, 15) is 4.79 Å². The van der Waals surface area contributed by atoms with Crippen LogP contribution in [0.25, 0.3) is 16.7 Å². The molecule has 1 fully saturated rings. The van der Waals surface area contributed by atoms with Gasteiger partial charge in [-0.05, 0) is 51.5 Å². The molecule has 1 aromatic heterocycles. The summed E-state index contributed by atoms with van der Waals surface area (Å²) >= 11 is 0. The summed E-state index contributed by atoms with van der Waals surface area (Å²) in [5.41, 5.74) is 3.51. The predicted molar refractivity (Wildman–Crippen MR) is 120 cm³/mol. The fourth-order valence-electron chi connectivity index (χ4n) is 4.38. The van der Waals surface area contributed by atoms with Crippen LogP contribution in [-0.2, 0) is 0 Å². The lowest BCUT2D eigenvalue weighted by Crippen LogP contribution is -2.40. The first-order chi connectivity index (χ1) is 14.4. The Labute approximate surface area is 178 Å². The normalized spacial score (nSPS) is 17.1. The van der Waals surface area contributed by atoms with E-state index in [2.05, 4.69) is 34.4 Å². The highest BCUT2D eigenvalue weighted by Crippen LogP contribution is 2.28. The van der Waals surface area contributed by atoms with Crippen molar-refractivity contribution in [2.45, 2.75) is 39.3 Å². The molecule has 0 saturated carbocycles. The van der Waals surface area contributed by atoms with E-state index in [4.69, 9.17) is 4.74 Å². The summed E-state index contributed by atoms with van der Waals surface area (Å²) in [7, 11) is 3.52. The van der Waals surface area contributed by atoms with Crippen LogP contribution < -0.4 is 4.74 Å². The van der Waals surface area contributed by atoms with Crippen molar-refractivity contribution in [1.82, 2.24) is 19.4 Å². The number of fused-ring (bicyclic) bond motifs is 1. The highest BCUT2D eigenvalue weighted by Gasteiger charge is 2.31. The van der Waals surface area contributed by atoms with E-state index in [0.29, 0.717) is 17.4 Å². The van der Waals surface area contributed by atoms with E-state index in [1.54, 1.807) is 7.11 Å².